The van der Waals surface area contributed by atoms with Crippen molar-refractivity contribution in [3.05, 3.63) is 48.5 Å². The normalized spacial score (nSPS) is 28.8. The first kappa shape index (κ1) is 14.8. The van der Waals surface area contributed by atoms with Crippen molar-refractivity contribution in [3.8, 4) is 0 Å². The first-order valence-electron chi connectivity index (χ1n) is 8.61. The van der Waals surface area contributed by atoms with Crippen molar-refractivity contribution in [2.24, 2.45) is 5.92 Å². The Morgan fingerprint density at radius 3 is 2.96 bits per heavy atom. The summed E-state index contributed by atoms with van der Waals surface area (Å²) in [5, 5.41) is 4.37. The number of hydrogen-bond acceptors (Lipinski definition) is 4. The molecule has 2 aliphatic heterocycles. The van der Waals surface area contributed by atoms with E-state index in [0.29, 0.717) is 6.04 Å². The van der Waals surface area contributed by atoms with E-state index >= 15 is 0 Å². The molecule has 2 aliphatic rings. The Kier molecular flexibility index (Phi) is 4.14. The van der Waals surface area contributed by atoms with Gasteiger partial charge in [-0.05, 0) is 44.0 Å². The van der Waals surface area contributed by atoms with Crippen molar-refractivity contribution in [1.82, 2.24) is 24.6 Å². The minimum absolute atomic E-state index is 0.611. The first-order chi connectivity index (χ1) is 11.3. The molecule has 5 heteroatoms. The number of fused-ring (bicyclic) bond motifs is 1. The molecule has 122 valence electrons. The van der Waals surface area contributed by atoms with Crippen LogP contribution in [0, 0.1) is 5.92 Å². The number of hydrogen-bond donors (Lipinski definition) is 0. The van der Waals surface area contributed by atoms with Crippen molar-refractivity contribution in [3.63, 3.8) is 0 Å². The molecule has 0 bridgehead atoms. The van der Waals surface area contributed by atoms with E-state index < -0.39 is 0 Å². The van der Waals surface area contributed by atoms with Crippen LogP contribution in [0.25, 0.3) is 0 Å². The van der Waals surface area contributed by atoms with Crippen molar-refractivity contribution in [2.45, 2.75) is 38.0 Å². The van der Waals surface area contributed by atoms with Gasteiger partial charge in [0.05, 0.1) is 12.2 Å². The maximum absolute atomic E-state index is 4.47. The number of aromatic nitrogens is 3. The monoisotopic (exact) mass is 311 g/mol. The summed E-state index contributed by atoms with van der Waals surface area (Å²) in [6.45, 7) is 4.37. The summed E-state index contributed by atoms with van der Waals surface area (Å²) in [5.41, 5.74) is 1.19. The van der Waals surface area contributed by atoms with Crippen LogP contribution in [-0.2, 0) is 13.1 Å². The van der Waals surface area contributed by atoms with Gasteiger partial charge in [0.2, 0.25) is 0 Å². The van der Waals surface area contributed by atoms with Crippen LogP contribution in [0.1, 0.15) is 18.5 Å². The van der Waals surface area contributed by atoms with Crippen LogP contribution in [0.3, 0.4) is 0 Å². The summed E-state index contributed by atoms with van der Waals surface area (Å²) < 4.78 is 2.07. The molecular weight excluding hydrogens is 286 g/mol. The molecule has 0 spiro atoms. The van der Waals surface area contributed by atoms with Gasteiger partial charge in [0, 0.05) is 50.3 Å². The topological polar surface area (TPSA) is 37.2 Å². The average Bonchev–Trinajstić information content (AvgIpc) is 3.18. The molecule has 2 aromatic heterocycles. The summed E-state index contributed by atoms with van der Waals surface area (Å²) >= 11 is 0. The third-order valence-electron chi connectivity index (χ3n) is 5.52. The molecule has 4 heterocycles. The van der Waals surface area contributed by atoms with Crippen LogP contribution < -0.4 is 0 Å². The SMILES string of the molecule is CN1C(Cn2cccn2)C[C@@H]2CN(Cc3ccccn3)CC[C@@H]21. The van der Waals surface area contributed by atoms with Crippen molar-refractivity contribution < 1.29 is 0 Å². The lowest BCUT2D eigenvalue weighted by Gasteiger charge is -2.37. The highest BCUT2D eigenvalue weighted by Gasteiger charge is 2.41. The summed E-state index contributed by atoms with van der Waals surface area (Å²) in [4.78, 5) is 9.65. The van der Waals surface area contributed by atoms with Gasteiger partial charge in [-0.2, -0.15) is 5.10 Å². The minimum Gasteiger partial charge on any atom is -0.298 e. The lowest BCUT2D eigenvalue weighted by Crippen LogP contribution is -2.45. The molecule has 23 heavy (non-hydrogen) atoms. The van der Waals surface area contributed by atoms with Gasteiger partial charge in [0.15, 0.2) is 0 Å². The molecule has 2 saturated heterocycles. The second-order valence-electron chi connectivity index (χ2n) is 6.96. The molecule has 0 amide bonds. The third-order valence-corrected chi connectivity index (χ3v) is 5.52. The van der Waals surface area contributed by atoms with Gasteiger partial charge in [-0.1, -0.05) is 6.07 Å². The number of rotatable bonds is 4. The fraction of sp³-hybridized carbons (Fsp3) is 0.556. The van der Waals surface area contributed by atoms with Gasteiger partial charge in [0.25, 0.3) is 0 Å². The highest BCUT2D eigenvalue weighted by molar-refractivity contribution is 5.04. The number of nitrogens with zero attached hydrogens (tertiary/aromatic N) is 5. The second-order valence-corrected chi connectivity index (χ2v) is 6.96. The van der Waals surface area contributed by atoms with Crippen LogP contribution in [-0.4, -0.2) is 56.8 Å². The molecule has 0 aromatic carbocycles. The van der Waals surface area contributed by atoms with Gasteiger partial charge in [-0.25, -0.2) is 0 Å². The molecule has 0 N–H and O–H groups in total. The van der Waals surface area contributed by atoms with E-state index in [1.54, 1.807) is 0 Å². The molecule has 1 unspecified atom stereocenters. The highest BCUT2D eigenvalue weighted by Crippen LogP contribution is 2.35. The van der Waals surface area contributed by atoms with E-state index in [9.17, 15) is 0 Å². The van der Waals surface area contributed by atoms with Gasteiger partial charge in [0.1, 0.15) is 0 Å². The first-order valence-corrected chi connectivity index (χ1v) is 8.61. The third kappa shape index (κ3) is 3.16. The van der Waals surface area contributed by atoms with Gasteiger partial charge >= 0.3 is 0 Å². The quantitative estimate of drug-likeness (QED) is 0.864. The van der Waals surface area contributed by atoms with E-state index in [0.717, 1.165) is 25.0 Å². The molecule has 0 saturated carbocycles. The predicted molar refractivity (Wildman–Crippen MR) is 89.8 cm³/mol. The Morgan fingerprint density at radius 1 is 1.22 bits per heavy atom. The maximum Gasteiger partial charge on any atom is 0.0565 e. The summed E-state index contributed by atoms with van der Waals surface area (Å²) in [6.07, 6.45) is 8.38. The number of pyridine rings is 1. The smallest absolute Gasteiger partial charge is 0.0565 e. The minimum atomic E-state index is 0.611. The Hall–Kier alpha value is -1.72. The average molecular weight is 311 g/mol. The molecule has 3 atom stereocenters. The van der Waals surface area contributed by atoms with Crippen molar-refractivity contribution >= 4 is 0 Å². The number of piperidine rings is 1. The fourth-order valence-electron chi connectivity index (χ4n) is 4.34. The highest BCUT2D eigenvalue weighted by atomic mass is 15.3. The van der Waals surface area contributed by atoms with Crippen molar-refractivity contribution in [1.29, 1.82) is 0 Å². The Morgan fingerprint density at radius 2 is 2.17 bits per heavy atom. The second kappa shape index (κ2) is 6.42. The van der Waals surface area contributed by atoms with Gasteiger partial charge < -0.3 is 0 Å². The van der Waals surface area contributed by atoms with E-state index in [1.165, 1.54) is 31.6 Å². The summed E-state index contributed by atoms with van der Waals surface area (Å²) in [6, 6.07) is 9.56. The number of likely N-dealkylation sites (tertiary alicyclic amines) is 2. The Balaban J connectivity index is 1.38. The number of likely N-dealkylation sites (N-methyl/N-ethyl adjacent to an activating group) is 1. The van der Waals surface area contributed by atoms with E-state index in [4.69, 9.17) is 0 Å². The lowest BCUT2D eigenvalue weighted by atomic mass is 9.92. The molecule has 2 aromatic rings. The molecular formula is C18H25N5. The summed E-state index contributed by atoms with van der Waals surface area (Å²) in [7, 11) is 2.30. The summed E-state index contributed by atoms with van der Waals surface area (Å²) in [5.74, 6) is 0.776. The standard InChI is InChI=1S/C18H25N5/c1-21-17(14-23-9-4-8-20-23)11-15-12-22(10-6-18(15)21)13-16-5-2-3-7-19-16/h2-5,7-9,15,17-18H,6,10-14H2,1H3/t15-,17?,18+/m1/s1. The van der Waals surface area contributed by atoms with Crippen LogP contribution >= 0.6 is 0 Å². The van der Waals surface area contributed by atoms with E-state index in [1.807, 2.05) is 24.5 Å². The predicted octanol–water partition coefficient (Wildman–Crippen LogP) is 1.87. The van der Waals surface area contributed by atoms with E-state index in [-0.39, 0.29) is 0 Å². The largest absolute Gasteiger partial charge is 0.298 e. The van der Waals surface area contributed by atoms with Crippen LogP contribution in [0.5, 0.6) is 0 Å². The molecule has 4 rings (SSSR count). The fourth-order valence-corrected chi connectivity index (χ4v) is 4.34. The molecule has 2 fully saturated rings. The zero-order valence-corrected chi connectivity index (χ0v) is 13.8. The molecule has 0 radical (unpaired) electrons. The van der Waals surface area contributed by atoms with Gasteiger partial charge in [-0.15, -0.1) is 0 Å². The van der Waals surface area contributed by atoms with Gasteiger partial charge in [-0.3, -0.25) is 19.5 Å². The molecule has 5 nitrogen and oxygen atoms in total. The van der Waals surface area contributed by atoms with Crippen LogP contribution in [0.2, 0.25) is 0 Å². The zero-order chi connectivity index (χ0) is 15.6. The Labute approximate surface area is 137 Å². The van der Waals surface area contributed by atoms with E-state index in [2.05, 4.69) is 49.9 Å². The maximum atomic E-state index is 4.47. The zero-order valence-electron chi connectivity index (χ0n) is 13.8. The Bertz CT molecular complexity index is 612. The van der Waals surface area contributed by atoms with Crippen LogP contribution in [0.4, 0.5) is 0 Å². The van der Waals surface area contributed by atoms with Crippen LogP contribution in [0.15, 0.2) is 42.9 Å². The van der Waals surface area contributed by atoms with Crippen molar-refractivity contribution in [2.75, 3.05) is 20.1 Å². The lowest BCUT2D eigenvalue weighted by molar-refractivity contribution is 0.109. The molecule has 0 aliphatic carbocycles.